The molecular weight excluding hydrogens is 160 g/mol. The molecule has 0 aromatic carbocycles. The van der Waals surface area contributed by atoms with E-state index in [4.69, 9.17) is 5.11 Å². The Hall–Kier alpha value is -1.36. The molecular formula is C7H10N2O3. The molecule has 2 N–H and O–H groups in total. The zero-order valence-corrected chi connectivity index (χ0v) is 6.64. The molecule has 0 spiro atoms. The van der Waals surface area contributed by atoms with Crippen molar-refractivity contribution in [3.63, 3.8) is 0 Å². The molecule has 0 bridgehead atoms. The third-order valence-electron chi connectivity index (χ3n) is 1.52. The van der Waals surface area contributed by atoms with Crippen LogP contribution in [0.1, 0.15) is 18.3 Å². The van der Waals surface area contributed by atoms with Crippen molar-refractivity contribution in [2.75, 3.05) is 0 Å². The highest BCUT2D eigenvalue weighted by Crippen LogP contribution is 2.12. The molecule has 1 heterocycles. The van der Waals surface area contributed by atoms with E-state index in [1.165, 1.54) is 6.20 Å². The lowest BCUT2D eigenvalue weighted by Gasteiger charge is -2.06. The van der Waals surface area contributed by atoms with Crippen molar-refractivity contribution in [1.82, 2.24) is 9.55 Å². The van der Waals surface area contributed by atoms with E-state index < -0.39 is 12.1 Å². The van der Waals surface area contributed by atoms with Crippen LogP contribution in [0.4, 0.5) is 0 Å². The van der Waals surface area contributed by atoms with E-state index in [1.807, 2.05) is 0 Å². The van der Waals surface area contributed by atoms with Gasteiger partial charge >= 0.3 is 5.97 Å². The highest BCUT2D eigenvalue weighted by molar-refractivity contribution is 5.67. The van der Waals surface area contributed by atoms with Crippen molar-refractivity contribution in [3.8, 4) is 0 Å². The Bertz CT molecular complexity index is 282. The van der Waals surface area contributed by atoms with Crippen LogP contribution in [0.2, 0.25) is 0 Å². The highest BCUT2D eigenvalue weighted by atomic mass is 16.4. The number of hydrogen-bond acceptors (Lipinski definition) is 3. The highest BCUT2D eigenvalue weighted by Gasteiger charge is 2.15. The number of aryl methyl sites for hydroxylation is 1. The Labute approximate surface area is 69.3 Å². The molecule has 0 aliphatic rings. The molecule has 0 aliphatic carbocycles. The van der Waals surface area contributed by atoms with E-state index in [0.29, 0.717) is 5.82 Å². The van der Waals surface area contributed by atoms with Crippen molar-refractivity contribution < 1.29 is 15.0 Å². The van der Waals surface area contributed by atoms with Gasteiger partial charge in [0.25, 0.3) is 0 Å². The summed E-state index contributed by atoms with van der Waals surface area (Å²) in [4.78, 5) is 14.0. The molecule has 0 unspecified atom stereocenters. The maximum Gasteiger partial charge on any atom is 0.306 e. The number of aromatic nitrogens is 2. The van der Waals surface area contributed by atoms with Gasteiger partial charge in [-0.1, -0.05) is 0 Å². The Morgan fingerprint density at radius 2 is 2.50 bits per heavy atom. The molecule has 1 aromatic rings. The molecule has 5 nitrogen and oxygen atoms in total. The number of aliphatic carboxylic acids is 1. The van der Waals surface area contributed by atoms with Crippen LogP contribution >= 0.6 is 0 Å². The minimum atomic E-state index is -1.04. The smallest absolute Gasteiger partial charge is 0.306 e. The predicted octanol–water partition coefficient (Wildman–Crippen LogP) is -0.0718. The van der Waals surface area contributed by atoms with Gasteiger partial charge in [-0.2, -0.15) is 0 Å². The molecule has 0 radical (unpaired) electrons. The van der Waals surface area contributed by atoms with Crippen molar-refractivity contribution in [2.45, 2.75) is 12.5 Å². The second-order valence-electron chi connectivity index (χ2n) is 2.51. The quantitative estimate of drug-likeness (QED) is 0.665. The number of rotatable bonds is 3. The monoisotopic (exact) mass is 170 g/mol. The fraction of sp³-hybridized carbons (Fsp3) is 0.429. The van der Waals surface area contributed by atoms with E-state index in [2.05, 4.69) is 4.98 Å². The van der Waals surface area contributed by atoms with Crippen molar-refractivity contribution in [1.29, 1.82) is 0 Å². The van der Waals surface area contributed by atoms with Crippen LogP contribution in [0.3, 0.4) is 0 Å². The summed E-state index contributed by atoms with van der Waals surface area (Å²) in [5.74, 6) is -0.664. The molecule has 1 aromatic heterocycles. The van der Waals surface area contributed by atoms with E-state index in [-0.39, 0.29) is 6.42 Å². The molecule has 0 amide bonds. The van der Waals surface area contributed by atoms with Gasteiger partial charge in [0, 0.05) is 19.4 Å². The molecule has 0 saturated heterocycles. The number of imidazole rings is 1. The van der Waals surface area contributed by atoms with Gasteiger partial charge in [0.1, 0.15) is 11.9 Å². The van der Waals surface area contributed by atoms with Crippen molar-refractivity contribution in [3.05, 3.63) is 18.2 Å². The fourth-order valence-electron chi connectivity index (χ4n) is 0.955. The number of carbonyl (C=O) groups is 1. The van der Waals surface area contributed by atoms with Crippen molar-refractivity contribution in [2.24, 2.45) is 7.05 Å². The minimum Gasteiger partial charge on any atom is -0.481 e. The standard InChI is InChI=1S/C7H10N2O3/c1-9-3-2-8-7(9)5(10)4-6(11)12/h2-3,5,10H,4H2,1H3,(H,11,12)/t5-/m0/s1. The first-order valence-electron chi connectivity index (χ1n) is 3.48. The average Bonchev–Trinajstić information content (AvgIpc) is 2.33. The first-order chi connectivity index (χ1) is 5.61. The topological polar surface area (TPSA) is 75.3 Å². The lowest BCUT2D eigenvalue weighted by atomic mass is 10.2. The summed E-state index contributed by atoms with van der Waals surface area (Å²) in [7, 11) is 1.70. The maximum atomic E-state index is 10.2. The van der Waals surface area contributed by atoms with Crippen LogP contribution < -0.4 is 0 Å². The zero-order chi connectivity index (χ0) is 9.14. The van der Waals surface area contributed by atoms with Gasteiger partial charge in [0.15, 0.2) is 0 Å². The van der Waals surface area contributed by atoms with E-state index in [1.54, 1.807) is 17.8 Å². The lowest BCUT2D eigenvalue weighted by molar-refractivity contribution is -0.139. The van der Waals surface area contributed by atoms with Crippen LogP contribution in [0.25, 0.3) is 0 Å². The first kappa shape index (κ1) is 8.73. The minimum absolute atomic E-state index is 0.315. The normalized spacial score (nSPS) is 12.8. The molecule has 0 aliphatic heterocycles. The summed E-state index contributed by atoms with van der Waals surface area (Å²) in [5.41, 5.74) is 0. The second-order valence-corrected chi connectivity index (χ2v) is 2.51. The predicted molar refractivity (Wildman–Crippen MR) is 40.4 cm³/mol. The Kier molecular flexibility index (Phi) is 2.44. The van der Waals surface area contributed by atoms with E-state index >= 15 is 0 Å². The maximum absolute atomic E-state index is 10.2. The number of carboxylic acid groups (broad SMARTS) is 1. The Morgan fingerprint density at radius 1 is 1.83 bits per heavy atom. The third kappa shape index (κ3) is 1.82. The summed E-state index contributed by atoms with van der Waals surface area (Å²) < 4.78 is 1.59. The van der Waals surface area contributed by atoms with Gasteiger partial charge in [-0.3, -0.25) is 4.79 Å². The van der Waals surface area contributed by atoms with E-state index in [0.717, 1.165) is 0 Å². The first-order valence-corrected chi connectivity index (χ1v) is 3.48. The largest absolute Gasteiger partial charge is 0.481 e. The van der Waals surface area contributed by atoms with Gasteiger partial charge in [-0.05, 0) is 0 Å². The fourth-order valence-corrected chi connectivity index (χ4v) is 0.955. The molecule has 1 atom stereocenters. The van der Waals surface area contributed by atoms with E-state index in [9.17, 15) is 9.90 Å². The summed E-state index contributed by atoms with van der Waals surface area (Å²) >= 11 is 0. The molecule has 5 heteroatoms. The number of carboxylic acids is 1. The number of aliphatic hydroxyl groups is 1. The zero-order valence-electron chi connectivity index (χ0n) is 6.64. The van der Waals surface area contributed by atoms with Crippen LogP contribution in [0, 0.1) is 0 Å². The number of hydrogen-bond donors (Lipinski definition) is 2. The Morgan fingerprint density at radius 3 is 2.92 bits per heavy atom. The summed E-state index contributed by atoms with van der Waals surface area (Å²) in [6.45, 7) is 0. The lowest BCUT2D eigenvalue weighted by Crippen LogP contribution is -2.10. The molecule has 12 heavy (non-hydrogen) atoms. The average molecular weight is 170 g/mol. The van der Waals surface area contributed by atoms with Gasteiger partial charge in [0.2, 0.25) is 0 Å². The summed E-state index contributed by atoms with van der Waals surface area (Å²) in [5, 5.41) is 17.7. The third-order valence-corrected chi connectivity index (χ3v) is 1.52. The van der Waals surface area contributed by atoms with Crippen LogP contribution in [0.15, 0.2) is 12.4 Å². The van der Waals surface area contributed by atoms with Crippen LogP contribution in [-0.2, 0) is 11.8 Å². The molecule has 66 valence electrons. The number of aliphatic hydroxyl groups excluding tert-OH is 1. The molecule has 0 saturated carbocycles. The van der Waals surface area contributed by atoms with Crippen molar-refractivity contribution >= 4 is 5.97 Å². The summed E-state index contributed by atoms with van der Waals surface area (Å²) in [6.07, 6.45) is 1.83. The summed E-state index contributed by atoms with van der Waals surface area (Å²) in [6, 6.07) is 0. The molecule has 0 fully saturated rings. The second kappa shape index (κ2) is 3.36. The van der Waals surface area contributed by atoms with Crippen LogP contribution in [-0.4, -0.2) is 25.7 Å². The van der Waals surface area contributed by atoms with Gasteiger partial charge in [-0.15, -0.1) is 0 Å². The molecule has 1 rings (SSSR count). The SMILES string of the molecule is Cn1ccnc1[C@@H](O)CC(=O)O. The van der Waals surface area contributed by atoms with Crippen LogP contribution in [0.5, 0.6) is 0 Å². The Balaban J connectivity index is 2.71. The number of nitrogens with zero attached hydrogens (tertiary/aromatic N) is 2. The van der Waals surface area contributed by atoms with Gasteiger partial charge in [-0.25, -0.2) is 4.98 Å². The van der Waals surface area contributed by atoms with Gasteiger partial charge < -0.3 is 14.8 Å². The van der Waals surface area contributed by atoms with Gasteiger partial charge in [0.05, 0.1) is 6.42 Å².